The molecule has 0 spiro atoms. The van der Waals surface area contributed by atoms with Gasteiger partial charge in [-0.3, -0.25) is 4.79 Å². The summed E-state index contributed by atoms with van der Waals surface area (Å²) in [6.45, 7) is 4.04. The summed E-state index contributed by atoms with van der Waals surface area (Å²) in [4.78, 5) is 23.8. The van der Waals surface area contributed by atoms with Gasteiger partial charge in [-0.2, -0.15) is 4.98 Å². The van der Waals surface area contributed by atoms with Crippen molar-refractivity contribution in [2.24, 2.45) is 0 Å². The molecule has 0 saturated carbocycles. The molecule has 154 valence electrons. The van der Waals surface area contributed by atoms with Gasteiger partial charge < -0.3 is 13.8 Å². The second-order valence-electron chi connectivity index (χ2n) is 7.58. The first-order valence-corrected chi connectivity index (χ1v) is 10.1. The SMILES string of the molecule is CC(C)N(Cc1nc(-c2ccc3ccccc3n2)no1)C(=O)c1cc2ccccc2o1. The molecule has 2 aromatic carbocycles. The van der Waals surface area contributed by atoms with Gasteiger partial charge in [-0.15, -0.1) is 0 Å². The minimum Gasteiger partial charge on any atom is -0.451 e. The molecule has 0 radical (unpaired) electrons. The maximum Gasteiger partial charge on any atom is 0.290 e. The number of fused-ring (bicyclic) bond motifs is 2. The van der Waals surface area contributed by atoms with Crippen molar-refractivity contribution < 1.29 is 13.7 Å². The maximum absolute atomic E-state index is 13.1. The number of rotatable bonds is 5. The largest absolute Gasteiger partial charge is 0.451 e. The Morgan fingerprint density at radius 3 is 2.55 bits per heavy atom. The summed E-state index contributed by atoms with van der Waals surface area (Å²) in [6, 6.07) is 20.9. The average Bonchev–Trinajstić information content (AvgIpc) is 3.43. The van der Waals surface area contributed by atoms with Crippen molar-refractivity contribution in [3.8, 4) is 11.5 Å². The molecule has 0 atom stereocenters. The van der Waals surface area contributed by atoms with E-state index in [0.717, 1.165) is 16.3 Å². The Balaban J connectivity index is 1.40. The molecule has 31 heavy (non-hydrogen) atoms. The molecular weight excluding hydrogens is 392 g/mol. The van der Waals surface area contributed by atoms with Gasteiger partial charge >= 0.3 is 0 Å². The fraction of sp³-hybridized carbons (Fsp3) is 0.167. The molecule has 3 aromatic heterocycles. The van der Waals surface area contributed by atoms with E-state index in [4.69, 9.17) is 8.94 Å². The highest BCUT2D eigenvalue weighted by atomic mass is 16.5. The number of pyridine rings is 1. The molecule has 0 fully saturated rings. The molecule has 5 aromatic rings. The standard InChI is InChI=1S/C24H20N4O3/c1-15(2)28(24(29)21-13-17-8-4-6-10-20(17)30-21)14-22-26-23(27-31-22)19-12-11-16-7-3-5-9-18(16)25-19/h3-13,15H,14H2,1-2H3. The van der Waals surface area contributed by atoms with Crippen LogP contribution in [-0.4, -0.2) is 32.0 Å². The van der Waals surface area contributed by atoms with Crippen molar-refractivity contribution in [1.29, 1.82) is 0 Å². The van der Waals surface area contributed by atoms with Crippen LogP contribution in [0.5, 0.6) is 0 Å². The van der Waals surface area contributed by atoms with Gasteiger partial charge in [0.25, 0.3) is 5.91 Å². The Hall–Kier alpha value is -4.00. The molecule has 0 aliphatic carbocycles. The van der Waals surface area contributed by atoms with Crippen molar-refractivity contribution in [3.63, 3.8) is 0 Å². The summed E-state index contributed by atoms with van der Waals surface area (Å²) in [5, 5.41) is 5.99. The van der Waals surface area contributed by atoms with E-state index in [1.165, 1.54) is 0 Å². The molecule has 0 N–H and O–H groups in total. The third kappa shape index (κ3) is 3.66. The third-order valence-corrected chi connectivity index (χ3v) is 5.12. The van der Waals surface area contributed by atoms with Crippen LogP contribution in [0.1, 0.15) is 30.3 Å². The monoisotopic (exact) mass is 412 g/mol. The number of hydrogen-bond donors (Lipinski definition) is 0. The van der Waals surface area contributed by atoms with Crippen LogP contribution in [0.4, 0.5) is 0 Å². The van der Waals surface area contributed by atoms with Crippen LogP contribution in [0.3, 0.4) is 0 Å². The summed E-state index contributed by atoms with van der Waals surface area (Å²) >= 11 is 0. The van der Waals surface area contributed by atoms with E-state index in [1.807, 2.05) is 74.5 Å². The van der Waals surface area contributed by atoms with Crippen LogP contribution in [0.25, 0.3) is 33.4 Å². The predicted molar refractivity (Wildman–Crippen MR) is 116 cm³/mol. The summed E-state index contributed by atoms with van der Waals surface area (Å²) in [6.07, 6.45) is 0. The van der Waals surface area contributed by atoms with Crippen molar-refractivity contribution in [1.82, 2.24) is 20.0 Å². The summed E-state index contributed by atoms with van der Waals surface area (Å²) in [7, 11) is 0. The zero-order valence-electron chi connectivity index (χ0n) is 17.1. The van der Waals surface area contributed by atoms with Gasteiger partial charge in [0.05, 0.1) is 5.52 Å². The Morgan fingerprint density at radius 1 is 0.968 bits per heavy atom. The van der Waals surface area contributed by atoms with Gasteiger partial charge in [-0.05, 0) is 38.1 Å². The number of carbonyl (C=O) groups is 1. The molecule has 0 aliphatic heterocycles. The number of aromatic nitrogens is 3. The Kier molecular flexibility index (Phi) is 4.71. The van der Waals surface area contributed by atoms with Gasteiger partial charge in [-0.25, -0.2) is 4.98 Å². The Bertz CT molecular complexity index is 1350. The average molecular weight is 412 g/mol. The second-order valence-corrected chi connectivity index (χ2v) is 7.58. The highest BCUT2D eigenvalue weighted by molar-refractivity contribution is 5.96. The van der Waals surface area contributed by atoms with Crippen LogP contribution in [-0.2, 0) is 6.54 Å². The summed E-state index contributed by atoms with van der Waals surface area (Å²) in [5.41, 5.74) is 2.15. The van der Waals surface area contributed by atoms with E-state index in [-0.39, 0.29) is 24.3 Å². The van der Waals surface area contributed by atoms with E-state index in [9.17, 15) is 4.79 Å². The van der Waals surface area contributed by atoms with Gasteiger partial charge in [0.15, 0.2) is 5.76 Å². The maximum atomic E-state index is 13.1. The molecule has 7 heteroatoms. The van der Waals surface area contributed by atoms with Gasteiger partial charge in [0.1, 0.15) is 17.8 Å². The molecule has 5 rings (SSSR count). The van der Waals surface area contributed by atoms with Crippen LogP contribution in [0, 0.1) is 0 Å². The lowest BCUT2D eigenvalue weighted by atomic mass is 10.2. The van der Waals surface area contributed by atoms with E-state index >= 15 is 0 Å². The Labute approximate surface area is 178 Å². The van der Waals surface area contributed by atoms with E-state index < -0.39 is 0 Å². The van der Waals surface area contributed by atoms with Gasteiger partial charge in [0, 0.05) is 16.8 Å². The van der Waals surface area contributed by atoms with Crippen molar-refractivity contribution in [3.05, 3.63) is 78.4 Å². The van der Waals surface area contributed by atoms with Crippen LogP contribution >= 0.6 is 0 Å². The first kappa shape index (κ1) is 19.0. The molecule has 7 nitrogen and oxygen atoms in total. The van der Waals surface area contributed by atoms with Crippen molar-refractivity contribution in [2.45, 2.75) is 26.4 Å². The second kappa shape index (κ2) is 7.68. The number of nitrogens with zero attached hydrogens (tertiary/aromatic N) is 4. The van der Waals surface area contributed by atoms with E-state index in [0.29, 0.717) is 23.0 Å². The summed E-state index contributed by atoms with van der Waals surface area (Å²) in [5.74, 6) is 0.782. The molecule has 0 unspecified atom stereocenters. The minimum absolute atomic E-state index is 0.0881. The molecule has 0 saturated heterocycles. The molecule has 3 heterocycles. The topological polar surface area (TPSA) is 85.3 Å². The highest BCUT2D eigenvalue weighted by Gasteiger charge is 2.25. The number of furan rings is 1. The molecular formula is C24H20N4O3. The molecule has 1 amide bonds. The fourth-order valence-corrected chi connectivity index (χ4v) is 3.48. The first-order valence-electron chi connectivity index (χ1n) is 10.1. The zero-order valence-corrected chi connectivity index (χ0v) is 17.1. The Morgan fingerprint density at radius 2 is 1.74 bits per heavy atom. The van der Waals surface area contributed by atoms with Crippen molar-refractivity contribution in [2.75, 3.05) is 0 Å². The smallest absolute Gasteiger partial charge is 0.290 e. The number of para-hydroxylation sites is 2. The lowest BCUT2D eigenvalue weighted by Crippen LogP contribution is -2.36. The van der Waals surface area contributed by atoms with Crippen LogP contribution in [0.2, 0.25) is 0 Å². The van der Waals surface area contributed by atoms with Gasteiger partial charge in [-0.1, -0.05) is 47.6 Å². The lowest BCUT2D eigenvalue weighted by Gasteiger charge is -2.23. The quantitative estimate of drug-likeness (QED) is 0.400. The third-order valence-electron chi connectivity index (χ3n) is 5.12. The van der Waals surface area contributed by atoms with Crippen LogP contribution < -0.4 is 0 Å². The number of hydrogen-bond acceptors (Lipinski definition) is 6. The minimum atomic E-state index is -0.227. The molecule has 0 bridgehead atoms. The zero-order chi connectivity index (χ0) is 21.4. The van der Waals surface area contributed by atoms with E-state index in [1.54, 1.807) is 11.0 Å². The van der Waals surface area contributed by atoms with E-state index in [2.05, 4.69) is 15.1 Å². The van der Waals surface area contributed by atoms with Crippen molar-refractivity contribution >= 4 is 27.8 Å². The number of amides is 1. The first-order chi connectivity index (χ1) is 15.1. The normalized spacial score (nSPS) is 11.5. The number of carbonyl (C=O) groups excluding carboxylic acids is 1. The highest BCUT2D eigenvalue weighted by Crippen LogP contribution is 2.23. The fourth-order valence-electron chi connectivity index (χ4n) is 3.48. The van der Waals surface area contributed by atoms with Gasteiger partial charge in [0.2, 0.25) is 11.7 Å². The summed E-state index contributed by atoms with van der Waals surface area (Å²) < 4.78 is 11.2. The van der Waals surface area contributed by atoms with Crippen LogP contribution in [0.15, 0.2) is 75.7 Å². The predicted octanol–water partition coefficient (Wildman–Crippen LogP) is 5.08. The number of benzene rings is 2. The lowest BCUT2D eigenvalue weighted by molar-refractivity contribution is 0.0637. The molecule has 0 aliphatic rings.